The van der Waals surface area contributed by atoms with Gasteiger partial charge in [-0.15, -0.1) is 0 Å². The van der Waals surface area contributed by atoms with E-state index in [-0.39, 0.29) is 17.7 Å². The Morgan fingerprint density at radius 3 is 3.00 bits per heavy atom. The van der Waals surface area contributed by atoms with Gasteiger partial charge in [-0.1, -0.05) is 6.07 Å². The van der Waals surface area contributed by atoms with Gasteiger partial charge in [0.05, 0.1) is 0 Å². The average molecular weight is 270 g/mol. The highest BCUT2D eigenvalue weighted by Crippen LogP contribution is 2.18. The van der Waals surface area contributed by atoms with Crippen LogP contribution < -0.4 is 10.1 Å². The Hall–Kier alpha value is -1.69. The number of nitrogens with one attached hydrogen (secondary N) is 1. The van der Waals surface area contributed by atoms with E-state index < -0.39 is 6.61 Å². The molecule has 104 valence electrons. The number of halogens is 2. The molecule has 1 aromatic rings. The summed E-state index contributed by atoms with van der Waals surface area (Å²) in [5.41, 5.74) is 0.368. The highest BCUT2D eigenvalue weighted by molar-refractivity contribution is 5.94. The summed E-state index contributed by atoms with van der Waals surface area (Å²) in [6, 6.07) is 5.99. The zero-order valence-corrected chi connectivity index (χ0v) is 10.6. The van der Waals surface area contributed by atoms with Crippen LogP contribution >= 0.6 is 0 Å². The quantitative estimate of drug-likeness (QED) is 0.909. The van der Waals surface area contributed by atoms with Crippen LogP contribution in [-0.4, -0.2) is 43.1 Å². The van der Waals surface area contributed by atoms with Gasteiger partial charge in [-0.3, -0.25) is 4.79 Å². The number of benzene rings is 1. The van der Waals surface area contributed by atoms with Crippen molar-refractivity contribution in [1.82, 2.24) is 10.2 Å². The number of ether oxygens (including phenoxy) is 1. The van der Waals surface area contributed by atoms with E-state index in [1.807, 2.05) is 6.92 Å². The Balaban J connectivity index is 2.14. The maximum atomic E-state index is 12.3. The normalized spacial score (nSPS) is 19.6. The first kappa shape index (κ1) is 13.7. The van der Waals surface area contributed by atoms with Crippen LogP contribution in [0, 0.1) is 0 Å². The Labute approximate surface area is 110 Å². The number of hydrogen-bond acceptors (Lipinski definition) is 3. The van der Waals surface area contributed by atoms with Gasteiger partial charge in [-0.25, -0.2) is 0 Å². The smallest absolute Gasteiger partial charge is 0.387 e. The first-order valence-corrected chi connectivity index (χ1v) is 6.14. The molecule has 1 heterocycles. The Morgan fingerprint density at radius 1 is 1.53 bits per heavy atom. The lowest BCUT2D eigenvalue weighted by molar-refractivity contribution is -0.0499. The number of carbonyl (C=O) groups is 1. The number of carbonyl (C=O) groups excluding carboxylic acids is 1. The lowest BCUT2D eigenvalue weighted by atomic mass is 10.1. The van der Waals surface area contributed by atoms with Gasteiger partial charge in [0.1, 0.15) is 5.75 Å². The van der Waals surface area contributed by atoms with Crippen molar-refractivity contribution in [3.05, 3.63) is 29.8 Å². The fourth-order valence-electron chi connectivity index (χ4n) is 2.11. The number of nitrogens with zero attached hydrogens (tertiary/aromatic N) is 1. The third kappa shape index (κ3) is 3.41. The van der Waals surface area contributed by atoms with E-state index in [1.54, 1.807) is 11.0 Å². The minimum absolute atomic E-state index is 0.00337. The summed E-state index contributed by atoms with van der Waals surface area (Å²) in [6.07, 6.45) is 0. The van der Waals surface area contributed by atoms with Gasteiger partial charge in [0.15, 0.2) is 0 Å². The van der Waals surface area contributed by atoms with E-state index in [0.717, 1.165) is 13.1 Å². The standard InChI is InChI=1S/C13H16F2N2O2/c1-9-8-16-5-6-17(9)12(18)10-3-2-4-11(7-10)19-13(14)15/h2-4,7,9,13,16H,5-6,8H2,1H3/t9-/m1/s1. The molecule has 1 aromatic carbocycles. The van der Waals surface area contributed by atoms with Crippen molar-refractivity contribution in [2.24, 2.45) is 0 Å². The number of rotatable bonds is 3. The summed E-state index contributed by atoms with van der Waals surface area (Å²) in [6.45, 7) is 1.15. The molecule has 0 aromatic heterocycles. The molecule has 1 N–H and O–H groups in total. The molecule has 0 bridgehead atoms. The van der Waals surface area contributed by atoms with E-state index >= 15 is 0 Å². The summed E-state index contributed by atoms with van der Waals surface area (Å²) >= 11 is 0. The first-order chi connectivity index (χ1) is 9.08. The Bertz CT molecular complexity index is 454. The van der Waals surface area contributed by atoms with Crippen LogP contribution in [0.4, 0.5) is 8.78 Å². The van der Waals surface area contributed by atoms with Gasteiger partial charge in [0.25, 0.3) is 5.91 Å². The van der Waals surface area contributed by atoms with Crippen LogP contribution in [0.2, 0.25) is 0 Å². The molecule has 6 heteroatoms. The second-order valence-electron chi connectivity index (χ2n) is 4.46. The largest absolute Gasteiger partial charge is 0.435 e. The molecule has 0 radical (unpaired) electrons. The van der Waals surface area contributed by atoms with Gasteiger partial charge >= 0.3 is 6.61 Å². The minimum Gasteiger partial charge on any atom is -0.435 e. The summed E-state index contributed by atoms with van der Waals surface area (Å²) in [5.74, 6) is -0.155. The summed E-state index contributed by atoms with van der Waals surface area (Å²) in [5, 5.41) is 3.19. The molecule has 1 aliphatic heterocycles. The monoisotopic (exact) mass is 270 g/mol. The number of piperazine rings is 1. The van der Waals surface area contributed by atoms with Crippen LogP contribution in [-0.2, 0) is 0 Å². The Morgan fingerprint density at radius 2 is 2.32 bits per heavy atom. The van der Waals surface area contributed by atoms with Crippen molar-refractivity contribution in [2.75, 3.05) is 19.6 Å². The maximum absolute atomic E-state index is 12.3. The lowest BCUT2D eigenvalue weighted by Crippen LogP contribution is -2.52. The van der Waals surface area contributed by atoms with Gasteiger partial charge in [-0.05, 0) is 25.1 Å². The van der Waals surface area contributed by atoms with Crippen LogP contribution in [0.3, 0.4) is 0 Å². The van der Waals surface area contributed by atoms with E-state index in [1.165, 1.54) is 18.2 Å². The highest BCUT2D eigenvalue weighted by Gasteiger charge is 2.24. The molecular formula is C13H16F2N2O2. The third-order valence-corrected chi connectivity index (χ3v) is 3.07. The van der Waals surface area contributed by atoms with E-state index in [4.69, 9.17) is 0 Å². The molecule has 4 nitrogen and oxygen atoms in total. The van der Waals surface area contributed by atoms with E-state index in [9.17, 15) is 13.6 Å². The topological polar surface area (TPSA) is 41.6 Å². The molecule has 0 spiro atoms. The molecule has 0 saturated carbocycles. The summed E-state index contributed by atoms with van der Waals surface area (Å²) in [7, 11) is 0. The first-order valence-electron chi connectivity index (χ1n) is 6.14. The van der Waals surface area contributed by atoms with Crippen molar-refractivity contribution >= 4 is 5.91 Å². The van der Waals surface area contributed by atoms with Crippen LogP contribution in [0.1, 0.15) is 17.3 Å². The SMILES string of the molecule is C[C@@H]1CNCCN1C(=O)c1cccc(OC(F)F)c1. The predicted molar refractivity (Wildman–Crippen MR) is 66.4 cm³/mol. The molecule has 0 aliphatic carbocycles. The van der Waals surface area contributed by atoms with Crippen molar-refractivity contribution in [3.8, 4) is 5.75 Å². The summed E-state index contributed by atoms with van der Waals surface area (Å²) in [4.78, 5) is 14.0. The molecule has 19 heavy (non-hydrogen) atoms. The molecule has 1 amide bonds. The predicted octanol–water partition coefficient (Wildman–Crippen LogP) is 1.72. The Kier molecular flexibility index (Phi) is 4.31. The summed E-state index contributed by atoms with van der Waals surface area (Å²) < 4.78 is 28.6. The zero-order valence-electron chi connectivity index (χ0n) is 10.6. The second kappa shape index (κ2) is 5.97. The molecule has 1 aliphatic rings. The highest BCUT2D eigenvalue weighted by atomic mass is 19.3. The third-order valence-electron chi connectivity index (χ3n) is 3.07. The van der Waals surface area contributed by atoms with Gasteiger partial charge in [0, 0.05) is 31.2 Å². The van der Waals surface area contributed by atoms with Gasteiger partial charge in [-0.2, -0.15) is 8.78 Å². The van der Waals surface area contributed by atoms with Gasteiger partial charge in [0.2, 0.25) is 0 Å². The maximum Gasteiger partial charge on any atom is 0.387 e. The fraction of sp³-hybridized carbons (Fsp3) is 0.462. The number of amides is 1. The lowest BCUT2D eigenvalue weighted by Gasteiger charge is -2.34. The van der Waals surface area contributed by atoms with Crippen LogP contribution in [0.15, 0.2) is 24.3 Å². The van der Waals surface area contributed by atoms with E-state index in [0.29, 0.717) is 12.1 Å². The van der Waals surface area contributed by atoms with E-state index in [2.05, 4.69) is 10.1 Å². The van der Waals surface area contributed by atoms with Crippen molar-refractivity contribution < 1.29 is 18.3 Å². The van der Waals surface area contributed by atoms with Crippen molar-refractivity contribution in [1.29, 1.82) is 0 Å². The number of alkyl halides is 2. The van der Waals surface area contributed by atoms with Gasteiger partial charge < -0.3 is 15.0 Å². The molecule has 0 unspecified atom stereocenters. The molecular weight excluding hydrogens is 254 g/mol. The molecule has 1 atom stereocenters. The zero-order chi connectivity index (χ0) is 13.8. The fourth-order valence-corrected chi connectivity index (χ4v) is 2.11. The molecule has 1 fully saturated rings. The molecule has 2 rings (SSSR count). The average Bonchev–Trinajstić information content (AvgIpc) is 2.38. The number of hydrogen-bond donors (Lipinski definition) is 1. The second-order valence-corrected chi connectivity index (χ2v) is 4.46. The molecule has 1 saturated heterocycles. The van der Waals surface area contributed by atoms with Crippen LogP contribution in [0.5, 0.6) is 5.75 Å². The minimum atomic E-state index is -2.89. The van der Waals surface area contributed by atoms with Crippen molar-refractivity contribution in [3.63, 3.8) is 0 Å². The van der Waals surface area contributed by atoms with Crippen LogP contribution in [0.25, 0.3) is 0 Å². The van der Waals surface area contributed by atoms with Crippen molar-refractivity contribution in [2.45, 2.75) is 19.6 Å².